The van der Waals surface area contributed by atoms with Crippen molar-refractivity contribution in [2.75, 3.05) is 0 Å². The number of aryl methyl sites for hydroxylation is 2. The third-order valence-electron chi connectivity index (χ3n) is 4.25. The van der Waals surface area contributed by atoms with E-state index < -0.39 is 4.92 Å². The van der Waals surface area contributed by atoms with E-state index in [1.54, 1.807) is 27.6 Å². The van der Waals surface area contributed by atoms with Gasteiger partial charge in [-0.05, 0) is 18.6 Å². The number of nitro groups is 1. The number of hydrogen-bond donors (Lipinski definition) is 0. The Kier molecular flexibility index (Phi) is 3.53. The second-order valence-corrected chi connectivity index (χ2v) is 5.95. The first-order valence-corrected chi connectivity index (χ1v) is 8.06. The van der Waals surface area contributed by atoms with Crippen LogP contribution in [0.1, 0.15) is 13.3 Å². The van der Waals surface area contributed by atoms with Crippen molar-refractivity contribution >= 4 is 22.5 Å². The predicted octanol–water partition coefficient (Wildman–Crippen LogP) is 1.76. The zero-order chi connectivity index (χ0) is 18.4. The molecular weight excluding hydrogens is 338 g/mol. The summed E-state index contributed by atoms with van der Waals surface area (Å²) >= 11 is 0. The molecular formula is C16H15N7O3. The van der Waals surface area contributed by atoms with Gasteiger partial charge in [0.1, 0.15) is 5.52 Å². The number of imidazole rings is 1. The van der Waals surface area contributed by atoms with Crippen molar-refractivity contribution in [1.29, 1.82) is 0 Å². The lowest BCUT2D eigenvalue weighted by molar-refractivity contribution is -0.384. The van der Waals surface area contributed by atoms with Gasteiger partial charge < -0.3 is 4.57 Å². The van der Waals surface area contributed by atoms with Crippen LogP contribution in [0.4, 0.5) is 5.69 Å². The fraction of sp³-hybridized carbons (Fsp3) is 0.250. The lowest BCUT2D eigenvalue weighted by Gasteiger charge is -2.08. The molecule has 0 spiro atoms. The van der Waals surface area contributed by atoms with Crippen LogP contribution in [0.3, 0.4) is 0 Å². The van der Waals surface area contributed by atoms with Crippen molar-refractivity contribution in [3.05, 3.63) is 51.2 Å². The molecule has 3 aromatic heterocycles. The van der Waals surface area contributed by atoms with Crippen LogP contribution in [0.15, 0.2) is 35.4 Å². The molecule has 3 heterocycles. The number of rotatable bonds is 4. The van der Waals surface area contributed by atoms with Crippen LogP contribution in [0.2, 0.25) is 0 Å². The molecule has 132 valence electrons. The monoisotopic (exact) mass is 353 g/mol. The highest BCUT2D eigenvalue weighted by molar-refractivity contribution is 5.86. The van der Waals surface area contributed by atoms with E-state index in [1.165, 1.54) is 16.5 Å². The zero-order valence-corrected chi connectivity index (χ0v) is 14.2. The minimum Gasteiger partial charge on any atom is -0.329 e. The molecule has 0 fully saturated rings. The van der Waals surface area contributed by atoms with Crippen LogP contribution >= 0.6 is 0 Å². The average molecular weight is 353 g/mol. The molecule has 0 unspecified atom stereocenters. The summed E-state index contributed by atoms with van der Waals surface area (Å²) in [5.41, 5.74) is 1.94. The molecule has 0 aliphatic carbocycles. The number of nitro benzene ring substituents is 1. The third kappa shape index (κ3) is 2.19. The van der Waals surface area contributed by atoms with Crippen LogP contribution < -0.4 is 5.69 Å². The third-order valence-corrected chi connectivity index (χ3v) is 4.25. The molecule has 1 aromatic carbocycles. The molecule has 10 heteroatoms. The van der Waals surface area contributed by atoms with Gasteiger partial charge in [0.2, 0.25) is 0 Å². The van der Waals surface area contributed by atoms with Gasteiger partial charge >= 0.3 is 5.69 Å². The van der Waals surface area contributed by atoms with Gasteiger partial charge in [0.15, 0.2) is 17.1 Å². The Hall–Kier alpha value is -3.56. The number of nitrogens with zero attached hydrogens (tertiary/aromatic N) is 7. The quantitative estimate of drug-likeness (QED) is 0.408. The van der Waals surface area contributed by atoms with Gasteiger partial charge in [-0.3, -0.25) is 14.7 Å². The van der Waals surface area contributed by atoms with Gasteiger partial charge in [-0.2, -0.15) is 0 Å². The fourth-order valence-corrected chi connectivity index (χ4v) is 3.05. The Morgan fingerprint density at radius 1 is 1.15 bits per heavy atom. The summed E-state index contributed by atoms with van der Waals surface area (Å²) in [5.74, 6) is 0.341. The SMILES string of the molecule is CCCn1c(=O)n2c(-c3ccc([N+](=O)[O-])cc3)nnc2c2c1ncn2C. The molecule has 0 aliphatic rings. The molecule has 4 rings (SSSR count). The van der Waals surface area contributed by atoms with Gasteiger partial charge in [0.05, 0.1) is 11.3 Å². The van der Waals surface area contributed by atoms with Crippen LogP contribution in [0, 0.1) is 10.1 Å². The summed E-state index contributed by atoms with van der Waals surface area (Å²) in [6.07, 6.45) is 2.41. The summed E-state index contributed by atoms with van der Waals surface area (Å²) < 4.78 is 4.83. The molecule has 0 saturated heterocycles. The lowest BCUT2D eigenvalue weighted by Crippen LogP contribution is -2.28. The van der Waals surface area contributed by atoms with E-state index in [4.69, 9.17) is 0 Å². The molecule has 10 nitrogen and oxygen atoms in total. The molecule has 0 N–H and O–H groups in total. The van der Waals surface area contributed by atoms with Crippen molar-refractivity contribution in [3.8, 4) is 11.4 Å². The van der Waals surface area contributed by atoms with Crippen molar-refractivity contribution in [1.82, 2.24) is 28.7 Å². The Labute approximate surface area is 146 Å². The Bertz CT molecular complexity index is 1200. The van der Waals surface area contributed by atoms with Gasteiger partial charge in [-0.1, -0.05) is 6.92 Å². The highest BCUT2D eigenvalue weighted by atomic mass is 16.6. The average Bonchev–Trinajstić information content (AvgIpc) is 3.22. The number of hydrogen-bond acceptors (Lipinski definition) is 6. The highest BCUT2D eigenvalue weighted by Crippen LogP contribution is 2.23. The molecule has 0 radical (unpaired) electrons. The van der Waals surface area contributed by atoms with Gasteiger partial charge in [-0.15, -0.1) is 10.2 Å². The lowest BCUT2D eigenvalue weighted by atomic mass is 10.2. The Morgan fingerprint density at radius 3 is 2.54 bits per heavy atom. The maximum atomic E-state index is 13.1. The summed E-state index contributed by atoms with van der Waals surface area (Å²) in [5, 5.41) is 19.2. The second kappa shape index (κ2) is 5.76. The van der Waals surface area contributed by atoms with E-state index >= 15 is 0 Å². The van der Waals surface area contributed by atoms with E-state index in [9.17, 15) is 14.9 Å². The first-order valence-electron chi connectivity index (χ1n) is 8.06. The molecule has 0 saturated carbocycles. The van der Waals surface area contributed by atoms with Crippen molar-refractivity contribution < 1.29 is 4.92 Å². The molecule has 0 atom stereocenters. The number of fused-ring (bicyclic) bond motifs is 3. The largest absolute Gasteiger partial charge is 0.337 e. The summed E-state index contributed by atoms with van der Waals surface area (Å²) in [4.78, 5) is 27.8. The maximum absolute atomic E-state index is 13.1. The molecule has 0 amide bonds. The van der Waals surface area contributed by atoms with Crippen molar-refractivity contribution in [2.24, 2.45) is 7.05 Å². The van der Waals surface area contributed by atoms with Gasteiger partial charge in [0.25, 0.3) is 5.69 Å². The van der Waals surface area contributed by atoms with Crippen molar-refractivity contribution in [3.63, 3.8) is 0 Å². The van der Waals surface area contributed by atoms with E-state index in [0.29, 0.717) is 34.7 Å². The number of aromatic nitrogens is 6. The second-order valence-electron chi connectivity index (χ2n) is 5.95. The first kappa shape index (κ1) is 15.9. The number of benzene rings is 1. The van der Waals surface area contributed by atoms with Gasteiger partial charge in [-0.25, -0.2) is 14.2 Å². The molecule has 26 heavy (non-hydrogen) atoms. The van der Waals surface area contributed by atoms with E-state index in [1.807, 2.05) is 14.0 Å². The molecule has 4 aromatic rings. The van der Waals surface area contributed by atoms with Crippen LogP contribution in [-0.2, 0) is 13.6 Å². The predicted molar refractivity (Wildman–Crippen MR) is 93.9 cm³/mol. The highest BCUT2D eigenvalue weighted by Gasteiger charge is 2.20. The Morgan fingerprint density at radius 2 is 1.88 bits per heavy atom. The zero-order valence-electron chi connectivity index (χ0n) is 14.2. The van der Waals surface area contributed by atoms with E-state index in [-0.39, 0.29) is 11.4 Å². The minimum absolute atomic E-state index is 0.0278. The topological polar surface area (TPSA) is 113 Å². The standard InChI is InChI=1S/C16H15N7O3/c1-3-8-21-14-12(20(2)9-17-14)15-19-18-13(22(15)16(21)24)10-4-6-11(7-5-10)23(25)26/h4-7,9H,3,8H2,1-2H3. The van der Waals surface area contributed by atoms with Crippen LogP contribution in [0.5, 0.6) is 0 Å². The summed E-state index contributed by atoms with van der Waals surface area (Å²) in [6, 6.07) is 5.88. The summed E-state index contributed by atoms with van der Waals surface area (Å²) in [7, 11) is 1.83. The number of non-ortho nitro benzene ring substituents is 1. The smallest absolute Gasteiger partial charge is 0.329 e. The van der Waals surface area contributed by atoms with Crippen LogP contribution in [-0.4, -0.2) is 33.6 Å². The van der Waals surface area contributed by atoms with Gasteiger partial charge in [0, 0.05) is 31.3 Å². The maximum Gasteiger partial charge on any atom is 0.337 e. The normalized spacial score (nSPS) is 11.5. The molecule has 0 aliphatic heterocycles. The van der Waals surface area contributed by atoms with E-state index in [2.05, 4.69) is 15.2 Å². The first-order chi connectivity index (χ1) is 12.5. The fourth-order valence-electron chi connectivity index (χ4n) is 3.05. The van der Waals surface area contributed by atoms with E-state index in [0.717, 1.165) is 6.42 Å². The minimum atomic E-state index is -0.473. The Balaban J connectivity index is 2.05. The van der Waals surface area contributed by atoms with Crippen LogP contribution in [0.25, 0.3) is 28.2 Å². The van der Waals surface area contributed by atoms with Crippen molar-refractivity contribution in [2.45, 2.75) is 19.9 Å². The summed E-state index contributed by atoms with van der Waals surface area (Å²) in [6.45, 7) is 2.50. The molecule has 0 bridgehead atoms.